The number of anilines is 2. The van der Waals surface area contributed by atoms with Crippen molar-refractivity contribution >= 4 is 35.0 Å². The molecule has 4 atom stereocenters. The second-order valence-electron chi connectivity index (χ2n) is 11.9. The summed E-state index contributed by atoms with van der Waals surface area (Å²) < 4.78 is 5.88. The molecule has 4 aromatic carbocycles. The quantitative estimate of drug-likeness (QED) is 0.203. The average molecular weight is 663 g/mol. The second kappa shape index (κ2) is 14.4. The normalized spacial score (nSPS) is 17.8. The molecule has 2 aliphatic heterocycles. The molecule has 4 aromatic rings. The summed E-state index contributed by atoms with van der Waals surface area (Å²) in [5.74, 6) is -2.08. The summed E-state index contributed by atoms with van der Waals surface area (Å²) in [5, 5.41) is 25.2. The highest BCUT2D eigenvalue weighted by atomic mass is 16.5. The molecule has 0 bridgehead atoms. The topological polar surface area (TPSA) is 149 Å². The predicted octanol–water partition coefficient (Wildman–Crippen LogP) is 3.51. The van der Waals surface area contributed by atoms with Crippen LogP contribution in [0, 0.1) is 0 Å². The van der Waals surface area contributed by atoms with E-state index in [9.17, 15) is 29.4 Å². The van der Waals surface area contributed by atoms with Crippen LogP contribution in [0.25, 0.3) is 22.3 Å². The highest BCUT2D eigenvalue weighted by Gasteiger charge is 2.38. The smallest absolute Gasteiger partial charge is 0.254 e. The SMILES string of the molecule is C[C@H](O[C@@H](C)C(=O)N[C@@H]1C(=O)N(CCO)c2ccccc2-c2ccccc21)C(=O)N[C@@H]1C(=O)N(CCO)c2ccccc2-c2ccccc21. The Labute approximate surface area is 284 Å². The van der Waals surface area contributed by atoms with Gasteiger partial charge in [-0.15, -0.1) is 0 Å². The van der Waals surface area contributed by atoms with Crippen LogP contribution >= 0.6 is 0 Å². The van der Waals surface area contributed by atoms with E-state index in [0.29, 0.717) is 22.5 Å². The summed E-state index contributed by atoms with van der Waals surface area (Å²) in [4.78, 5) is 58.0. The van der Waals surface area contributed by atoms with Crippen LogP contribution in [0.15, 0.2) is 97.1 Å². The van der Waals surface area contributed by atoms with Crippen molar-refractivity contribution in [2.45, 2.75) is 38.1 Å². The first kappa shape index (κ1) is 33.5. The Hall–Kier alpha value is -5.36. The maximum Gasteiger partial charge on any atom is 0.254 e. The summed E-state index contributed by atoms with van der Waals surface area (Å²) in [6.45, 7) is 2.48. The number of fused-ring (bicyclic) bond motifs is 6. The van der Waals surface area contributed by atoms with Crippen molar-refractivity contribution in [2.24, 2.45) is 0 Å². The van der Waals surface area contributed by atoms with Gasteiger partial charge in [0, 0.05) is 24.2 Å². The lowest BCUT2D eigenvalue weighted by Gasteiger charge is -2.28. The molecule has 0 saturated carbocycles. The molecule has 4 amide bonds. The van der Waals surface area contributed by atoms with Crippen LogP contribution in [-0.4, -0.2) is 72.4 Å². The zero-order valence-corrected chi connectivity index (χ0v) is 27.2. The molecule has 49 heavy (non-hydrogen) atoms. The molecule has 11 heteroatoms. The van der Waals surface area contributed by atoms with Gasteiger partial charge in [-0.25, -0.2) is 0 Å². The van der Waals surface area contributed by atoms with Crippen LogP contribution in [0.5, 0.6) is 0 Å². The molecule has 0 spiro atoms. The molecule has 2 aliphatic rings. The Morgan fingerprint density at radius 3 is 1.35 bits per heavy atom. The number of aliphatic hydroxyl groups excluding tert-OH is 2. The van der Waals surface area contributed by atoms with Crippen molar-refractivity contribution in [1.82, 2.24) is 10.6 Å². The molecule has 0 aromatic heterocycles. The summed E-state index contributed by atoms with van der Waals surface area (Å²) in [5.41, 5.74) is 5.54. The fourth-order valence-corrected chi connectivity index (χ4v) is 6.57. The summed E-state index contributed by atoms with van der Waals surface area (Å²) in [6.07, 6.45) is -2.32. The van der Waals surface area contributed by atoms with E-state index >= 15 is 0 Å². The monoisotopic (exact) mass is 662 g/mol. The molecule has 2 heterocycles. The van der Waals surface area contributed by atoms with Gasteiger partial charge >= 0.3 is 0 Å². The van der Waals surface area contributed by atoms with Crippen molar-refractivity contribution in [3.8, 4) is 22.3 Å². The Kier molecular flexibility index (Phi) is 9.86. The van der Waals surface area contributed by atoms with Crippen LogP contribution in [0.3, 0.4) is 0 Å². The number of aliphatic hydroxyl groups is 2. The standard InChI is InChI=1S/C38H38N4O7/c1-23(35(45)39-33-29-15-5-3-11-25(29)27-13-7-9-17-31(27)41(19-21-43)37(33)47)49-24(2)36(46)40-34-30-16-6-4-12-26(30)28-14-8-10-18-32(28)42(20-22-44)38(34)48/h3-18,23-24,33-34,43-44H,19-22H2,1-2H3,(H,39,45)(H,40,46)/t23-,24-,33-,34-/m0/s1. The molecular weight excluding hydrogens is 624 g/mol. The summed E-state index contributed by atoms with van der Waals surface area (Å²) in [6, 6.07) is 27.1. The lowest BCUT2D eigenvalue weighted by atomic mass is 9.95. The molecule has 0 aliphatic carbocycles. The van der Waals surface area contributed by atoms with Crippen molar-refractivity contribution in [3.05, 3.63) is 108 Å². The van der Waals surface area contributed by atoms with Gasteiger partial charge in [0.2, 0.25) is 11.8 Å². The maximum absolute atomic E-state index is 13.9. The van der Waals surface area contributed by atoms with Crippen molar-refractivity contribution < 1.29 is 34.1 Å². The van der Waals surface area contributed by atoms with Crippen LogP contribution in [0.2, 0.25) is 0 Å². The third-order valence-electron chi connectivity index (χ3n) is 8.91. The van der Waals surface area contributed by atoms with Gasteiger partial charge in [-0.05, 0) is 48.2 Å². The Bertz CT molecular complexity index is 1760. The van der Waals surface area contributed by atoms with Crippen molar-refractivity contribution in [3.63, 3.8) is 0 Å². The number of rotatable bonds is 10. The Morgan fingerprint density at radius 2 is 0.959 bits per heavy atom. The maximum atomic E-state index is 13.9. The molecular formula is C38H38N4O7. The lowest BCUT2D eigenvalue weighted by Crippen LogP contribution is -2.49. The largest absolute Gasteiger partial charge is 0.395 e. The van der Waals surface area contributed by atoms with Crippen molar-refractivity contribution in [1.29, 1.82) is 0 Å². The van der Waals surface area contributed by atoms with Gasteiger partial charge in [0.05, 0.1) is 24.6 Å². The molecule has 4 N–H and O–H groups in total. The molecule has 252 valence electrons. The Balaban J connectivity index is 1.20. The third-order valence-corrected chi connectivity index (χ3v) is 8.91. The van der Waals surface area contributed by atoms with Crippen LogP contribution in [0.4, 0.5) is 11.4 Å². The van der Waals surface area contributed by atoms with E-state index in [1.165, 1.54) is 23.6 Å². The van der Waals surface area contributed by atoms with E-state index in [4.69, 9.17) is 4.74 Å². The number of carbonyl (C=O) groups excluding carboxylic acids is 4. The summed E-state index contributed by atoms with van der Waals surface area (Å²) >= 11 is 0. The van der Waals surface area contributed by atoms with Gasteiger partial charge in [-0.3, -0.25) is 19.2 Å². The fraction of sp³-hybridized carbons (Fsp3) is 0.263. The van der Waals surface area contributed by atoms with E-state index < -0.39 is 47.9 Å². The first-order valence-corrected chi connectivity index (χ1v) is 16.2. The first-order chi connectivity index (χ1) is 23.7. The summed E-state index contributed by atoms with van der Waals surface area (Å²) in [7, 11) is 0. The minimum atomic E-state index is -1.16. The number of ether oxygens (including phenoxy) is 1. The second-order valence-corrected chi connectivity index (χ2v) is 11.9. The number of para-hydroxylation sites is 2. The minimum absolute atomic E-state index is 0.0310. The van der Waals surface area contributed by atoms with Gasteiger partial charge in [-0.1, -0.05) is 84.9 Å². The van der Waals surface area contributed by atoms with E-state index in [1.54, 1.807) is 36.4 Å². The van der Waals surface area contributed by atoms with Crippen LogP contribution in [-0.2, 0) is 23.9 Å². The van der Waals surface area contributed by atoms with Crippen LogP contribution in [0.1, 0.15) is 37.1 Å². The van der Waals surface area contributed by atoms with Gasteiger partial charge in [0.1, 0.15) is 24.3 Å². The molecule has 6 rings (SSSR count). The average Bonchev–Trinajstić information content (AvgIpc) is 3.28. The number of nitrogens with one attached hydrogen (secondary N) is 2. The lowest BCUT2D eigenvalue weighted by molar-refractivity contribution is -0.146. The third kappa shape index (κ3) is 6.43. The molecule has 0 radical (unpaired) electrons. The molecule has 11 nitrogen and oxygen atoms in total. The van der Waals surface area contributed by atoms with E-state index in [-0.39, 0.29) is 26.3 Å². The predicted molar refractivity (Wildman–Crippen MR) is 184 cm³/mol. The highest BCUT2D eigenvalue weighted by Crippen LogP contribution is 2.41. The number of nitrogens with zero attached hydrogens (tertiary/aromatic N) is 2. The zero-order valence-electron chi connectivity index (χ0n) is 27.2. The zero-order chi connectivity index (χ0) is 34.7. The van der Waals surface area contributed by atoms with Crippen molar-refractivity contribution in [2.75, 3.05) is 36.1 Å². The van der Waals surface area contributed by atoms with Crippen LogP contribution < -0.4 is 20.4 Å². The van der Waals surface area contributed by atoms with Gasteiger partial charge in [-0.2, -0.15) is 0 Å². The van der Waals surface area contributed by atoms with Gasteiger partial charge < -0.3 is 35.4 Å². The van der Waals surface area contributed by atoms with E-state index in [2.05, 4.69) is 10.6 Å². The molecule has 0 fully saturated rings. The first-order valence-electron chi connectivity index (χ1n) is 16.2. The van der Waals surface area contributed by atoms with E-state index in [0.717, 1.165) is 22.3 Å². The van der Waals surface area contributed by atoms with E-state index in [1.807, 2.05) is 60.7 Å². The molecule has 0 unspecified atom stereocenters. The Morgan fingerprint density at radius 1 is 0.612 bits per heavy atom. The number of hydrogen-bond donors (Lipinski definition) is 4. The highest BCUT2D eigenvalue weighted by molar-refractivity contribution is 6.07. The number of β-amino-alcohol motifs (C(OH)–C–C–N with tert-alkyl or cyclic N) is 2. The minimum Gasteiger partial charge on any atom is -0.395 e. The molecule has 0 saturated heterocycles. The number of hydrogen-bond acceptors (Lipinski definition) is 7. The number of carbonyl (C=O) groups is 4. The van der Waals surface area contributed by atoms with Gasteiger partial charge in [0.25, 0.3) is 11.8 Å². The number of amides is 4. The number of benzene rings is 4. The van der Waals surface area contributed by atoms with Gasteiger partial charge in [0.15, 0.2) is 0 Å². The fourth-order valence-electron chi connectivity index (χ4n) is 6.57.